The maximum atomic E-state index is 12.5. The number of nitrogens with one attached hydrogen (secondary N) is 1. The molecule has 0 radical (unpaired) electrons. The van der Waals surface area contributed by atoms with Crippen molar-refractivity contribution < 1.29 is 18.3 Å². The van der Waals surface area contributed by atoms with Gasteiger partial charge in [0.2, 0.25) is 10.0 Å². The Kier molecular flexibility index (Phi) is 6.19. The lowest BCUT2D eigenvalue weighted by Crippen LogP contribution is -2.34. The largest absolute Gasteiger partial charge is 0.497 e. The predicted molar refractivity (Wildman–Crippen MR) is 83.0 cm³/mol. The summed E-state index contributed by atoms with van der Waals surface area (Å²) in [6, 6.07) is 4.78. The maximum Gasteiger partial charge on any atom is 0.240 e. The maximum absolute atomic E-state index is 12.5. The molecule has 0 aromatic heterocycles. The summed E-state index contributed by atoms with van der Waals surface area (Å²) < 4.78 is 32.7. The number of sulfonamides is 1. The standard InChI is InChI=1S/C15H25NO4S/c1-5-15(2,3)11-16-21(18,19)14-7-6-13(20-4)10-12(14)8-9-17/h6-7,10,16-17H,5,8-9,11H2,1-4H3. The molecule has 0 fully saturated rings. The van der Waals surface area contributed by atoms with Gasteiger partial charge in [-0.15, -0.1) is 0 Å². The zero-order valence-electron chi connectivity index (χ0n) is 13.1. The Morgan fingerprint density at radius 1 is 1.33 bits per heavy atom. The summed E-state index contributed by atoms with van der Waals surface area (Å²) >= 11 is 0. The van der Waals surface area contributed by atoms with E-state index in [0.717, 1.165) is 6.42 Å². The summed E-state index contributed by atoms with van der Waals surface area (Å²) in [5.41, 5.74) is 0.454. The highest BCUT2D eigenvalue weighted by Crippen LogP contribution is 2.24. The van der Waals surface area contributed by atoms with Gasteiger partial charge < -0.3 is 9.84 Å². The van der Waals surface area contributed by atoms with Crippen LogP contribution in [0, 0.1) is 5.41 Å². The second kappa shape index (κ2) is 7.24. The molecule has 1 aromatic carbocycles. The third-order valence-corrected chi connectivity index (χ3v) is 5.14. The first kappa shape index (κ1) is 17.9. The van der Waals surface area contributed by atoms with Crippen molar-refractivity contribution in [1.82, 2.24) is 4.72 Å². The van der Waals surface area contributed by atoms with Crippen molar-refractivity contribution >= 4 is 10.0 Å². The Bertz CT molecular complexity index is 567. The van der Waals surface area contributed by atoms with Gasteiger partial charge >= 0.3 is 0 Å². The number of ether oxygens (including phenoxy) is 1. The molecular weight excluding hydrogens is 290 g/mol. The van der Waals surface area contributed by atoms with Crippen LogP contribution in [0.4, 0.5) is 0 Å². The third kappa shape index (κ3) is 4.98. The van der Waals surface area contributed by atoms with E-state index in [1.165, 1.54) is 13.2 Å². The van der Waals surface area contributed by atoms with E-state index in [-0.39, 0.29) is 23.3 Å². The highest BCUT2D eigenvalue weighted by atomic mass is 32.2. The van der Waals surface area contributed by atoms with Gasteiger partial charge in [0, 0.05) is 13.2 Å². The molecule has 0 spiro atoms. The Morgan fingerprint density at radius 2 is 2.00 bits per heavy atom. The van der Waals surface area contributed by atoms with E-state index >= 15 is 0 Å². The summed E-state index contributed by atoms with van der Waals surface area (Å²) in [7, 11) is -2.08. The van der Waals surface area contributed by atoms with Crippen molar-refractivity contribution in [2.75, 3.05) is 20.3 Å². The van der Waals surface area contributed by atoms with E-state index in [0.29, 0.717) is 17.9 Å². The average molecular weight is 315 g/mol. The summed E-state index contributed by atoms with van der Waals surface area (Å²) in [6.07, 6.45) is 1.15. The molecule has 0 aliphatic heterocycles. The molecule has 0 heterocycles. The van der Waals surface area contributed by atoms with E-state index in [1.807, 2.05) is 20.8 Å². The summed E-state index contributed by atoms with van der Waals surface area (Å²) in [4.78, 5) is 0.198. The van der Waals surface area contributed by atoms with Crippen LogP contribution in [0.5, 0.6) is 5.75 Å². The minimum absolute atomic E-state index is 0.101. The number of rotatable bonds is 8. The summed E-state index contributed by atoms with van der Waals surface area (Å²) in [6.45, 7) is 6.31. The number of benzene rings is 1. The van der Waals surface area contributed by atoms with E-state index in [4.69, 9.17) is 9.84 Å². The molecule has 21 heavy (non-hydrogen) atoms. The molecule has 5 nitrogen and oxygen atoms in total. The molecular formula is C15H25NO4S. The molecule has 0 atom stereocenters. The van der Waals surface area contributed by atoms with Gasteiger partial charge in [-0.25, -0.2) is 13.1 Å². The fourth-order valence-corrected chi connectivity index (χ4v) is 3.24. The lowest BCUT2D eigenvalue weighted by molar-refractivity contribution is 0.298. The van der Waals surface area contributed by atoms with E-state index < -0.39 is 10.0 Å². The smallest absolute Gasteiger partial charge is 0.240 e. The van der Waals surface area contributed by atoms with Crippen LogP contribution < -0.4 is 9.46 Å². The van der Waals surface area contributed by atoms with Crippen molar-refractivity contribution in [3.05, 3.63) is 23.8 Å². The van der Waals surface area contributed by atoms with Gasteiger partial charge in [-0.3, -0.25) is 0 Å². The quantitative estimate of drug-likeness (QED) is 0.769. The van der Waals surface area contributed by atoms with Crippen LogP contribution in [0.15, 0.2) is 23.1 Å². The normalized spacial score (nSPS) is 12.4. The first-order valence-corrected chi connectivity index (χ1v) is 8.51. The number of methoxy groups -OCH3 is 1. The molecule has 0 bridgehead atoms. The fourth-order valence-electron chi connectivity index (χ4n) is 1.75. The van der Waals surface area contributed by atoms with Gasteiger partial charge in [-0.05, 0) is 42.0 Å². The second-order valence-corrected chi connectivity index (χ2v) is 7.52. The zero-order chi connectivity index (χ0) is 16.1. The average Bonchev–Trinajstić information content (AvgIpc) is 2.45. The molecule has 120 valence electrons. The fraction of sp³-hybridized carbons (Fsp3) is 0.600. The van der Waals surface area contributed by atoms with Gasteiger partial charge in [0.1, 0.15) is 5.75 Å². The second-order valence-electron chi connectivity index (χ2n) is 5.79. The van der Waals surface area contributed by atoms with Gasteiger partial charge in [0.15, 0.2) is 0 Å². The minimum Gasteiger partial charge on any atom is -0.497 e. The van der Waals surface area contributed by atoms with Crippen molar-refractivity contribution in [3.8, 4) is 5.75 Å². The van der Waals surface area contributed by atoms with Gasteiger partial charge in [-0.2, -0.15) is 0 Å². The van der Waals surface area contributed by atoms with Crippen molar-refractivity contribution in [2.45, 2.75) is 38.5 Å². The monoisotopic (exact) mass is 315 g/mol. The first-order valence-electron chi connectivity index (χ1n) is 7.03. The van der Waals surface area contributed by atoms with E-state index in [9.17, 15) is 8.42 Å². The van der Waals surface area contributed by atoms with Gasteiger partial charge in [0.25, 0.3) is 0 Å². The highest BCUT2D eigenvalue weighted by molar-refractivity contribution is 7.89. The number of hydrogen-bond donors (Lipinski definition) is 2. The molecule has 0 aliphatic rings. The van der Waals surface area contributed by atoms with Crippen molar-refractivity contribution in [3.63, 3.8) is 0 Å². The van der Waals surface area contributed by atoms with Crippen molar-refractivity contribution in [2.24, 2.45) is 5.41 Å². The Hall–Kier alpha value is -1.11. The van der Waals surface area contributed by atoms with Crippen LogP contribution in [0.3, 0.4) is 0 Å². The van der Waals surface area contributed by atoms with E-state index in [1.54, 1.807) is 12.1 Å². The van der Waals surface area contributed by atoms with E-state index in [2.05, 4.69) is 4.72 Å². The molecule has 0 saturated carbocycles. The molecule has 1 aromatic rings. The molecule has 0 unspecified atom stereocenters. The van der Waals surface area contributed by atoms with Crippen LogP contribution in [-0.2, 0) is 16.4 Å². The molecule has 6 heteroatoms. The third-order valence-electron chi connectivity index (χ3n) is 3.64. The SMILES string of the molecule is CCC(C)(C)CNS(=O)(=O)c1ccc(OC)cc1CCO. The van der Waals surface area contributed by atoms with Crippen molar-refractivity contribution in [1.29, 1.82) is 0 Å². The molecule has 1 rings (SSSR count). The van der Waals surface area contributed by atoms with Crippen LogP contribution in [0.25, 0.3) is 0 Å². The highest BCUT2D eigenvalue weighted by Gasteiger charge is 2.23. The Morgan fingerprint density at radius 3 is 2.52 bits per heavy atom. The van der Waals surface area contributed by atoms with Gasteiger partial charge in [0.05, 0.1) is 12.0 Å². The molecule has 0 aliphatic carbocycles. The predicted octanol–water partition coefficient (Wildman–Crippen LogP) is 1.94. The summed E-state index contributed by atoms with van der Waals surface area (Å²) in [5.74, 6) is 0.575. The number of aliphatic hydroxyl groups is 1. The lowest BCUT2D eigenvalue weighted by Gasteiger charge is -2.23. The first-order chi connectivity index (χ1) is 9.75. The summed E-state index contributed by atoms with van der Waals surface area (Å²) in [5, 5.41) is 9.11. The van der Waals surface area contributed by atoms with Crippen LogP contribution in [0.1, 0.15) is 32.8 Å². The van der Waals surface area contributed by atoms with Crippen LogP contribution >= 0.6 is 0 Å². The molecule has 2 N–H and O–H groups in total. The molecule has 0 saturated heterocycles. The number of hydrogen-bond acceptors (Lipinski definition) is 4. The van der Waals surface area contributed by atoms with Crippen LogP contribution in [-0.4, -0.2) is 33.8 Å². The minimum atomic E-state index is -3.60. The Balaban J connectivity index is 3.07. The topological polar surface area (TPSA) is 75.6 Å². The lowest BCUT2D eigenvalue weighted by atomic mass is 9.91. The molecule has 0 amide bonds. The van der Waals surface area contributed by atoms with Gasteiger partial charge in [-0.1, -0.05) is 20.8 Å². The van der Waals surface area contributed by atoms with Crippen LogP contribution in [0.2, 0.25) is 0 Å². The zero-order valence-corrected chi connectivity index (χ0v) is 14.0. The Labute approximate surface area is 127 Å². The number of aliphatic hydroxyl groups excluding tert-OH is 1.